The van der Waals surface area contributed by atoms with Crippen LogP contribution in [0.25, 0.3) is 10.9 Å². The lowest BCUT2D eigenvalue weighted by atomic mass is 9.97. The number of benzene rings is 4. The first kappa shape index (κ1) is 33.9. The van der Waals surface area contributed by atoms with Crippen molar-refractivity contribution in [2.45, 2.75) is 31.7 Å². The summed E-state index contributed by atoms with van der Waals surface area (Å²) < 4.78 is 37.0. The molecule has 0 unspecified atom stereocenters. The third-order valence-corrected chi connectivity index (χ3v) is 10.5. The lowest BCUT2D eigenvalue weighted by molar-refractivity contribution is 0.0463. The predicted octanol–water partition coefficient (Wildman–Crippen LogP) is 6.56. The maximum Gasteiger partial charge on any atom is 0.335 e. The van der Waals surface area contributed by atoms with Gasteiger partial charge < -0.3 is 14.4 Å². The molecule has 0 spiro atoms. The Bertz CT molecular complexity index is 1900. The Labute approximate surface area is 287 Å². The van der Waals surface area contributed by atoms with Gasteiger partial charge in [0.2, 0.25) is 10.0 Å². The molecule has 8 nitrogen and oxygen atoms in total. The van der Waals surface area contributed by atoms with Crippen molar-refractivity contribution < 1.29 is 23.1 Å². The van der Waals surface area contributed by atoms with Crippen LogP contribution >= 0.6 is 11.6 Å². The lowest BCUT2D eigenvalue weighted by Crippen LogP contribution is -2.43. The van der Waals surface area contributed by atoms with Crippen LogP contribution in [-0.4, -0.2) is 67.7 Å². The molecule has 2 N–H and O–H groups in total. The highest BCUT2D eigenvalue weighted by molar-refractivity contribution is 7.89. The Morgan fingerprint density at radius 2 is 1.50 bits per heavy atom. The van der Waals surface area contributed by atoms with Gasteiger partial charge in [-0.25, -0.2) is 17.9 Å². The van der Waals surface area contributed by atoms with Crippen LogP contribution < -0.4 is 4.72 Å². The Morgan fingerprint density at radius 3 is 2.12 bits per heavy atom. The maximum atomic E-state index is 13.2. The van der Waals surface area contributed by atoms with Gasteiger partial charge in [0.05, 0.1) is 24.8 Å². The van der Waals surface area contributed by atoms with E-state index < -0.39 is 16.0 Å². The van der Waals surface area contributed by atoms with Gasteiger partial charge in [-0.2, -0.15) is 0 Å². The zero-order valence-electron chi connectivity index (χ0n) is 26.7. The number of hydrogen-bond acceptors (Lipinski definition) is 5. The highest BCUT2D eigenvalue weighted by Gasteiger charge is 2.26. The monoisotopic (exact) mass is 685 g/mol. The fraction of sp³-hybridized carbons (Fsp3) is 0.289. The van der Waals surface area contributed by atoms with Crippen molar-refractivity contribution in [1.29, 1.82) is 0 Å². The minimum Gasteiger partial charge on any atom is -0.478 e. The maximum absolute atomic E-state index is 13.2. The number of fused-ring (bicyclic) bond motifs is 1. The molecule has 0 amide bonds. The summed E-state index contributed by atoms with van der Waals surface area (Å²) in [5.41, 5.74) is 6.79. The van der Waals surface area contributed by atoms with Gasteiger partial charge in [0.15, 0.2) is 0 Å². The standard InChI is InChI=1S/C38H40ClN3O5S/c39-32-18-19-35-34(26-32)33(13-7-8-28-14-16-31(17-15-28)38(43)44)36(20-21-40-48(45,46)27-41-22-24-47-25-23-41)42(35)37(29-9-3-1-4-10-29)30-11-5-2-6-12-30/h1-6,9-12,14-19,26,37,40H,7-8,13,20-25,27H2,(H,43,44). The Morgan fingerprint density at radius 1 is 0.854 bits per heavy atom. The number of aryl methyl sites for hydroxylation is 2. The number of aromatic carboxylic acids is 1. The van der Waals surface area contributed by atoms with Gasteiger partial charge in [0.1, 0.15) is 5.88 Å². The highest BCUT2D eigenvalue weighted by atomic mass is 35.5. The molecule has 1 aromatic heterocycles. The normalized spacial score (nSPS) is 14.1. The smallest absolute Gasteiger partial charge is 0.335 e. The van der Waals surface area contributed by atoms with Crippen molar-refractivity contribution in [3.8, 4) is 0 Å². The molecule has 0 aliphatic carbocycles. The van der Waals surface area contributed by atoms with Crippen LogP contribution in [0, 0.1) is 0 Å². The molecule has 6 rings (SSSR count). The molecule has 1 aliphatic heterocycles. The number of nitrogens with zero attached hydrogens (tertiary/aromatic N) is 2. The van der Waals surface area contributed by atoms with Crippen molar-refractivity contribution >= 4 is 38.5 Å². The van der Waals surface area contributed by atoms with Crippen LogP contribution in [0.1, 0.15) is 50.8 Å². The molecule has 250 valence electrons. The molecular formula is C38H40ClN3O5S. The molecule has 0 bridgehead atoms. The lowest BCUT2D eigenvalue weighted by Gasteiger charge is -2.26. The molecule has 1 saturated heterocycles. The van der Waals surface area contributed by atoms with Gasteiger partial charge >= 0.3 is 5.97 Å². The molecule has 0 saturated carbocycles. The third-order valence-electron chi connectivity index (χ3n) is 8.90. The number of carboxylic acid groups (broad SMARTS) is 1. The molecule has 1 aliphatic rings. The summed E-state index contributed by atoms with van der Waals surface area (Å²) in [5, 5.41) is 11.0. The Balaban J connectivity index is 1.38. The first-order valence-electron chi connectivity index (χ1n) is 16.3. The number of ether oxygens (including phenoxy) is 1. The average Bonchev–Trinajstić information content (AvgIpc) is 3.37. The molecule has 4 aromatic carbocycles. The number of aromatic nitrogens is 1. The van der Waals surface area contributed by atoms with Crippen LogP contribution in [0.4, 0.5) is 0 Å². The molecule has 1 fully saturated rings. The van der Waals surface area contributed by atoms with Crippen LogP contribution in [-0.2, 0) is 34.0 Å². The van der Waals surface area contributed by atoms with Gasteiger partial charge in [-0.05, 0) is 71.8 Å². The summed E-state index contributed by atoms with van der Waals surface area (Å²) in [5.74, 6) is -0.998. The fourth-order valence-corrected chi connectivity index (χ4v) is 8.05. The largest absolute Gasteiger partial charge is 0.478 e. The first-order valence-corrected chi connectivity index (χ1v) is 18.3. The number of carbonyl (C=O) groups is 1. The van der Waals surface area contributed by atoms with Gasteiger partial charge in [-0.3, -0.25) is 4.90 Å². The molecule has 0 atom stereocenters. The average molecular weight is 686 g/mol. The summed E-state index contributed by atoms with van der Waals surface area (Å²) in [6, 6.07) is 33.6. The Kier molecular flexibility index (Phi) is 10.9. The number of morpholine rings is 1. The van der Waals surface area contributed by atoms with Crippen molar-refractivity contribution in [2.75, 3.05) is 38.7 Å². The minimum atomic E-state index is -3.55. The van der Waals surface area contributed by atoms with Gasteiger partial charge in [0, 0.05) is 47.7 Å². The zero-order chi connectivity index (χ0) is 33.5. The number of hydrogen-bond donors (Lipinski definition) is 2. The summed E-state index contributed by atoms with van der Waals surface area (Å²) in [6.45, 7) is 2.50. The van der Waals surface area contributed by atoms with E-state index in [2.05, 4.69) is 39.6 Å². The van der Waals surface area contributed by atoms with Crippen molar-refractivity contribution in [1.82, 2.24) is 14.2 Å². The van der Waals surface area contributed by atoms with E-state index in [0.717, 1.165) is 58.1 Å². The SMILES string of the molecule is O=C(O)c1ccc(CCCc2c(CCNS(=O)(=O)CN3CCOCC3)n(C(c3ccccc3)c3ccccc3)c3ccc(Cl)cc23)cc1. The van der Waals surface area contributed by atoms with Crippen LogP contribution in [0.5, 0.6) is 0 Å². The van der Waals surface area contributed by atoms with E-state index in [1.165, 1.54) is 0 Å². The summed E-state index contributed by atoms with van der Waals surface area (Å²) in [7, 11) is -3.55. The summed E-state index contributed by atoms with van der Waals surface area (Å²) in [6.07, 6.45) is 2.79. The van der Waals surface area contributed by atoms with E-state index in [1.54, 1.807) is 12.1 Å². The number of halogens is 1. The summed E-state index contributed by atoms with van der Waals surface area (Å²) in [4.78, 5) is 13.3. The van der Waals surface area contributed by atoms with Gasteiger partial charge in [-0.15, -0.1) is 0 Å². The van der Waals surface area contributed by atoms with E-state index in [1.807, 2.05) is 65.6 Å². The van der Waals surface area contributed by atoms with Crippen LogP contribution in [0.3, 0.4) is 0 Å². The topological polar surface area (TPSA) is 101 Å². The van der Waals surface area contributed by atoms with Gasteiger partial charge in [0.25, 0.3) is 0 Å². The number of nitrogens with one attached hydrogen (secondary N) is 1. The highest BCUT2D eigenvalue weighted by Crippen LogP contribution is 2.38. The summed E-state index contributed by atoms with van der Waals surface area (Å²) >= 11 is 6.63. The van der Waals surface area contributed by atoms with Crippen LogP contribution in [0.2, 0.25) is 5.02 Å². The van der Waals surface area contributed by atoms with E-state index in [0.29, 0.717) is 37.7 Å². The van der Waals surface area contributed by atoms with E-state index in [4.69, 9.17) is 16.3 Å². The zero-order valence-corrected chi connectivity index (χ0v) is 28.3. The number of sulfonamides is 1. The molecule has 2 heterocycles. The second kappa shape index (κ2) is 15.5. The number of rotatable bonds is 14. The van der Waals surface area contributed by atoms with Gasteiger partial charge in [-0.1, -0.05) is 84.4 Å². The van der Waals surface area contributed by atoms with Crippen molar-refractivity contribution in [3.05, 3.63) is 142 Å². The number of carboxylic acids is 1. The second-order valence-corrected chi connectivity index (χ2v) is 14.4. The fourth-order valence-electron chi connectivity index (χ4n) is 6.64. The van der Waals surface area contributed by atoms with Crippen LogP contribution in [0.15, 0.2) is 103 Å². The predicted molar refractivity (Wildman–Crippen MR) is 190 cm³/mol. The molecule has 10 heteroatoms. The first-order chi connectivity index (χ1) is 23.3. The molecule has 5 aromatic rings. The van der Waals surface area contributed by atoms with Crippen molar-refractivity contribution in [2.24, 2.45) is 0 Å². The van der Waals surface area contributed by atoms with E-state index >= 15 is 0 Å². The quantitative estimate of drug-likeness (QED) is 0.137. The van der Waals surface area contributed by atoms with E-state index in [9.17, 15) is 18.3 Å². The minimum absolute atomic E-state index is 0.0564. The van der Waals surface area contributed by atoms with Crippen molar-refractivity contribution in [3.63, 3.8) is 0 Å². The second-order valence-electron chi connectivity index (χ2n) is 12.2. The molecule has 48 heavy (non-hydrogen) atoms. The third kappa shape index (κ3) is 8.17. The van der Waals surface area contributed by atoms with E-state index in [-0.39, 0.29) is 24.0 Å². The molecule has 0 radical (unpaired) electrons. The Hall–Kier alpha value is -3.99. The molecular weight excluding hydrogens is 646 g/mol.